The number of ether oxygens (including phenoxy) is 1. The monoisotopic (exact) mass is 332 g/mol. The zero-order chi connectivity index (χ0) is 16.1. The number of hydrogen-bond acceptors (Lipinski definition) is 6. The molecule has 1 aliphatic rings. The Morgan fingerprint density at radius 2 is 2.04 bits per heavy atom. The van der Waals surface area contributed by atoms with Gasteiger partial charge < -0.3 is 14.5 Å². The lowest BCUT2D eigenvalue weighted by molar-refractivity contribution is 0.155. The van der Waals surface area contributed by atoms with E-state index in [1.807, 2.05) is 18.2 Å². The van der Waals surface area contributed by atoms with Crippen LogP contribution >= 0.6 is 11.5 Å². The van der Waals surface area contributed by atoms with Gasteiger partial charge in [-0.25, -0.2) is 9.78 Å². The molecule has 1 aliphatic heterocycles. The van der Waals surface area contributed by atoms with Crippen LogP contribution in [0.1, 0.15) is 19.2 Å². The van der Waals surface area contributed by atoms with Crippen LogP contribution in [-0.2, 0) is 6.42 Å². The van der Waals surface area contributed by atoms with Crippen LogP contribution in [0.5, 0.6) is 5.75 Å². The summed E-state index contributed by atoms with van der Waals surface area (Å²) in [4.78, 5) is 20.8. The smallest absolute Gasteiger partial charge is 0.410 e. The number of carbonyl (C=O) groups is 1. The molecular formula is C16H20N4O2S. The molecule has 2 heterocycles. The molecule has 0 bridgehead atoms. The summed E-state index contributed by atoms with van der Waals surface area (Å²) in [5.74, 6) is 1.46. The molecule has 2 aromatic rings. The highest BCUT2D eigenvalue weighted by Gasteiger charge is 2.22. The van der Waals surface area contributed by atoms with Gasteiger partial charge in [0.2, 0.25) is 5.13 Å². The van der Waals surface area contributed by atoms with Crippen molar-refractivity contribution in [3.63, 3.8) is 0 Å². The molecule has 1 amide bonds. The van der Waals surface area contributed by atoms with Gasteiger partial charge in [-0.2, -0.15) is 4.37 Å². The van der Waals surface area contributed by atoms with Gasteiger partial charge in [0.25, 0.3) is 0 Å². The summed E-state index contributed by atoms with van der Waals surface area (Å²) in [5, 5.41) is 0.945. The Morgan fingerprint density at radius 3 is 2.78 bits per heavy atom. The second-order valence-electron chi connectivity index (χ2n) is 5.36. The summed E-state index contributed by atoms with van der Waals surface area (Å²) in [6.45, 7) is 5.01. The molecule has 6 nitrogen and oxygen atoms in total. The molecule has 7 heteroatoms. The molecule has 1 saturated heterocycles. The topological polar surface area (TPSA) is 58.6 Å². The number of para-hydroxylation sites is 1. The summed E-state index contributed by atoms with van der Waals surface area (Å²) < 4.78 is 9.75. The third-order valence-electron chi connectivity index (χ3n) is 3.75. The van der Waals surface area contributed by atoms with Crippen molar-refractivity contribution < 1.29 is 9.53 Å². The van der Waals surface area contributed by atoms with Crippen molar-refractivity contribution in [2.45, 2.75) is 19.8 Å². The van der Waals surface area contributed by atoms with Crippen molar-refractivity contribution >= 4 is 22.8 Å². The number of nitrogens with zero attached hydrogens (tertiary/aromatic N) is 4. The molecule has 1 aromatic carbocycles. The Balaban J connectivity index is 1.58. The SMILES string of the molecule is CCc1nsc(N2CCCN(C(=O)Oc3ccccc3)CC2)n1. The number of benzene rings is 1. The average Bonchev–Trinajstić information content (AvgIpc) is 2.92. The van der Waals surface area contributed by atoms with Gasteiger partial charge in [-0.05, 0) is 18.6 Å². The predicted octanol–water partition coefficient (Wildman–Crippen LogP) is 2.81. The Morgan fingerprint density at radius 1 is 1.22 bits per heavy atom. The van der Waals surface area contributed by atoms with E-state index in [4.69, 9.17) is 4.74 Å². The Labute approximate surface area is 139 Å². The third kappa shape index (κ3) is 3.98. The number of anilines is 1. The van der Waals surface area contributed by atoms with Crippen molar-refractivity contribution in [3.8, 4) is 5.75 Å². The highest BCUT2D eigenvalue weighted by atomic mass is 32.1. The molecule has 0 unspecified atom stereocenters. The average molecular weight is 332 g/mol. The van der Waals surface area contributed by atoms with E-state index >= 15 is 0 Å². The minimum absolute atomic E-state index is 0.287. The van der Waals surface area contributed by atoms with Gasteiger partial charge in [-0.15, -0.1) is 0 Å². The molecule has 0 saturated carbocycles. The second-order valence-corrected chi connectivity index (χ2v) is 6.09. The molecule has 1 fully saturated rings. The fourth-order valence-corrected chi connectivity index (χ4v) is 3.26. The van der Waals surface area contributed by atoms with Crippen LogP contribution in [0, 0.1) is 0 Å². The Hall–Kier alpha value is -2.15. The first-order chi connectivity index (χ1) is 11.3. The highest BCUT2D eigenvalue weighted by molar-refractivity contribution is 7.09. The number of rotatable bonds is 3. The van der Waals surface area contributed by atoms with Gasteiger partial charge in [0.15, 0.2) is 0 Å². The van der Waals surface area contributed by atoms with Crippen LogP contribution < -0.4 is 9.64 Å². The van der Waals surface area contributed by atoms with Crippen LogP contribution in [0.4, 0.5) is 9.93 Å². The maximum absolute atomic E-state index is 12.3. The van der Waals surface area contributed by atoms with E-state index in [0.29, 0.717) is 18.8 Å². The number of aryl methyl sites for hydroxylation is 1. The normalized spacial score (nSPS) is 15.3. The van der Waals surface area contributed by atoms with Crippen LogP contribution in [-0.4, -0.2) is 46.5 Å². The fourth-order valence-electron chi connectivity index (χ4n) is 2.46. The van der Waals surface area contributed by atoms with Crippen LogP contribution in [0.2, 0.25) is 0 Å². The van der Waals surface area contributed by atoms with Crippen molar-refractivity contribution in [2.24, 2.45) is 0 Å². The van der Waals surface area contributed by atoms with E-state index in [0.717, 1.165) is 36.9 Å². The van der Waals surface area contributed by atoms with Gasteiger partial charge in [0.05, 0.1) is 0 Å². The maximum Gasteiger partial charge on any atom is 0.415 e. The lowest BCUT2D eigenvalue weighted by atomic mass is 10.3. The number of amides is 1. The number of carbonyl (C=O) groups excluding carboxylic acids is 1. The first kappa shape index (κ1) is 15.7. The first-order valence-corrected chi connectivity index (χ1v) is 8.63. The Bertz CT molecular complexity index is 647. The summed E-state index contributed by atoms with van der Waals surface area (Å²) >= 11 is 1.43. The molecule has 3 rings (SSSR count). The van der Waals surface area contributed by atoms with Gasteiger partial charge in [0.1, 0.15) is 11.6 Å². The molecule has 1 aromatic heterocycles. The quantitative estimate of drug-likeness (QED) is 0.865. The van der Waals surface area contributed by atoms with Crippen molar-refractivity contribution in [1.82, 2.24) is 14.3 Å². The summed E-state index contributed by atoms with van der Waals surface area (Å²) in [6.07, 6.45) is 1.45. The lowest BCUT2D eigenvalue weighted by Crippen LogP contribution is -2.37. The van der Waals surface area contributed by atoms with Crippen LogP contribution in [0.25, 0.3) is 0 Å². The zero-order valence-electron chi connectivity index (χ0n) is 13.1. The number of hydrogen-bond donors (Lipinski definition) is 0. The molecule has 0 atom stereocenters. The van der Waals surface area contributed by atoms with Crippen LogP contribution in [0.15, 0.2) is 30.3 Å². The van der Waals surface area contributed by atoms with Gasteiger partial charge >= 0.3 is 6.09 Å². The third-order valence-corrected chi connectivity index (χ3v) is 4.56. The summed E-state index contributed by atoms with van der Waals surface area (Å²) in [7, 11) is 0. The molecule has 0 spiro atoms. The standard InChI is InChI=1S/C16H20N4O2S/c1-2-14-17-15(23-18-14)19-9-6-10-20(12-11-19)16(21)22-13-7-4-3-5-8-13/h3-5,7-8H,2,6,9-12H2,1H3. The van der Waals surface area contributed by atoms with E-state index in [-0.39, 0.29) is 6.09 Å². The number of aromatic nitrogens is 2. The first-order valence-electron chi connectivity index (χ1n) is 7.85. The second kappa shape index (κ2) is 7.41. The minimum Gasteiger partial charge on any atom is -0.410 e. The Kier molecular flexibility index (Phi) is 5.07. The molecule has 122 valence electrons. The van der Waals surface area contributed by atoms with E-state index in [1.54, 1.807) is 17.0 Å². The largest absolute Gasteiger partial charge is 0.415 e. The van der Waals surface area contributed by atoms with E-state index in [2.05, 4.69) is 21.2 Å². The van der Waals surface area contributed by atoms with Crippen molar-refractivity contribution in [3.05, 3.63) is 36.2 Å². The van der Waals surface area contributed by atoms with Gasteiger partial charge in [-0.1, -0.05) is 25.1 Å². The molecule has 0 aliphatic carbocycles. The summed E-state index contributed by atoms with van der Waals surface area (Å²) in [6, 6.07) is 9.18. The van der Waals surface area contributed by atoms with Crippen LogP contribution in [0.3, 0.4) is 0 Å². The molecule has 0 radical (unpaired) electrons. The zero-order valence-corrected chi connectivity index (χ0v) is 14.0. The van der Waals surface area contributed by atoms with Gasteiger partial charge in [0, 0.05) is 44.1 Å². The van der Waals surface area contributed by atoms with E-state index in [1.165, 1.54) is 11.5 Å². The fraction of sp³-hybridized carbons (Fsp3) is 0.438. The minimum atomic E-state index is -0.287. The summed E-state index contributed by atoms with van der Waals surface area (Å²) in [5.41, 5.74) is 0. The molecular weight excluding hydrogens is 312 g/mol. The maximum atomic E-state index is 12.3. The lowest BCUT2D eigenvalue weighted by Gasteiger charge is -2.20. The van der Waals surface area contributed by atoms with E-state index in [9.17, 15) is 4.79 Å². The highest BCUT2D eigenvalue weighted by Crippen LogP contribution is 2.20. The predicted molar refractivity (Wildman–Crippen MR) is 90.2 cm³/mol. The molecule has 0 N–H and O–H groups in total. The van der Waals surface area contributed by atoms with Crippen molar-refractivity contribution in [2.75, 3.05) is 31.1 Å². The molecule has 23 heavy (non-hydrogen) atoms. The van der Waals surface area contributed by atoms with Crippen molar-refractivity contribution in [1.29, 1.82) is 0 Å². The van der Waals surface area contributed by atoms with E-state index < -0.39 is 0 Å². The van der Waals surface area contributed by atoms with Gasteiger partial charge in [-0.3, -0.25) is 0 Å².